The summed E-state index contributed by atoms with van der Waals surface area (Å²) in [4.78, 5) is 17.5. The number of nitrogens with one attached hydrogen (secondary N) is 1. The van der Waals surface area contributed by atoms with Gasteiger partial charge in [-0.15, -0.1) is 17.9 Å². The van der Waals surface area contributed by atoms with Crippen molar-refractivity contribution in [2.45, 2.75) is 26.0 Å². The maximum Gasteiger partial charge on any atom is 0.253 e. The van der Waals surface area contributed by atoms with Crippen molar-refractivity contribution in [2.75, 3.05) is 20.3 Å². The van der Waals surface area contributed by atoms with Gasteiger partial charge in [0.05, 0.1) is 24.1 Å². The number of carbonyl (C=O) groups excluding carboxylic acids is 1. The van der Waals surface area contributed by atoms with Crippen LogP contribution in [0.4, 0.5) is 0 Å². The van der Waals surface area contributed by atoms with E-state index in [1.54, 1.807) is 24.5 Å². The van der Waals surface area contributed by atoms with Crippen molar-refractivity contribution in [3.05, 3.63) is 59.6 Å². The smallest absolute Gasteiger partial charge is 0.253 e. The van der Waals surface area contributed by atoms with E-state index in [1.165, 1.54) is 0 Å². The van der Waals surface area contributed by atoms with Crippen LogP contribution in [-0.2, 0) is 4.74 Å². The highest BCUT2D eigenvalue weighted by atomic mass is 32.1. The summed E-state index contributed by atoms with van der Waals surface area (Å²) in [6, 6.07) is 9.78. The average molecular weight is 424 g/mol. The molecule has 1 N–H and O–H groups in total. The van der Waals surface area contributed by atoms with Gasteiger partial charge >= 0.3 is 0 Å². The van der Waals surface area contributed by atoms with Crippen LogP contribution in [0, 0.1) is 6.92 Å². The van der Waals surface area contributed by atoms with E-state index in [4.69, 9.17) is 14.5 Å². The summed E-state index contributed by atoms with van der Waals surface area (Å²) in [7, 11) is 1.65. The lowest BCUT2D eigenvalue weighted by Gasteiger charge is -2.17. The minimum atomic E-state index is -0.115. The number of nitrogens with zero attached hydrogens (tertiary/aromatic N) is 2. The Morgan fingerprint density at radius 1 is 1.43 bits per heavy atom. The van der Waals surface area contributed by atoms with Crippen LogP contribution in [0.25, 0.3) is 22.0 Å². The number of ether oxygens (including phenoxy) is 2. The molecule has 0 radical (unpaired) electrons. The Morgan fingerprint density at radius 2 is 2.23 bits per heavy atom. The van der Waals surface area contributed by atoms with E-state index >= 15 is 0 Å². The van der Waals surface area contributed by atoms with Gasteiger partial charge in [0.15, 0.2) is 0 Å². The summed E-state index contributed by atoms with van der Waals surface area (Å²) in [5.41, 5.74) is 4.30. The van der Waals surface area contributed by atoms with E-state index in [9.17, 15) is 4.79 Å². The minimum absolute atomic E-state index is 0.0768. The molecular formula is C23H25N3O3S. The molecule has 0 bridgehead atoms. The average Bonchev–Trinajstić information content (AvgIpc) is 3.51. The molecule has 7 heteroatoms. The van der Waals surface area contributed by atoms with Gasteiger partial charge < -0.3 is 19.4 Å². The maximum absolute atomic E-state index is 12.7. The van der Waals surface area contributed by atoms with E-state index in [2.05, 4.69) is 16.5 Å². The van der Waals surface area contributed by atoms with Crippen LogP contribution in [0.3, 0.4) is 0 Å². The molecule has 1 aliphatic heterocycles. The van der Waals surface area contributed by atoms with E-state index < -0.39 is 0 Å². The maximum atomic E-state index is 12.7. The highest BCUT2D eigenvalue weighted by molar-refractivity contribution is 7.13. The molecule has 1 aliphatic rings. The molecule has 1 fully saturated rings. The van der Waals surface area contributed by atoms with E-state index in [-0.39, 0.29) is 12.1 Å². The molecule has 6 nitrogen and oxygen atoms in total. The first kappa shape index (κ1) is 20.4. The highest BCUT2D eigenvalue weighted by Gasteiger charge is 2.27. The molecular weight excluding hydrogens is 398 g/mol. The normalized spacial score (nSPS) is 15.9. The summed E-state index contributed by atoms with van der Waals surface area (Å²) < 4.78 is 13.3. The SMILES string of the molecule is C=CCNC(=O)c1cc(-c2csc(-c3ccc(OC)cc3)n2)n(C2CCCO2)c1C. The lowest BCUT2D eigenvalue weighted by Crippen LogP contribution is -2.24. The number of methoxy groups -OCH3 is 1. The molecule has 1 atom stereocenters. The lowest BCUT2D eigenvalue weighted by molar-refractivity contribution is 0.0565. The van der Waals surface area contributed by atoms with Gasteiger partial charge in [-0.2, -0.15) is 0 Å². The van der Waals surface area contributed by atoms with Crippen molar-refractivity contribution in [1.82, 2.24) is 14.9 Å². The second kappa shape index (κ2) is 8.85. The second-order valence-corrected chi connectivity index (χ2v) is 7.99. The molecule has 3 heterocycles. The third-order valence-corrected chi connectivity index (χ3v) is 6.13. The second-order valence-electron chi connectivity index (χ2n) is 7.13. The molecule has 4 rings (SSSR count). The summed E-state index contributed by atoms with van der Waals surface area (Å²) in [6.45, 7) is 6.79. The van der Waals surface area contributed by atoms with Crippen molar-refractivity contribution < 1.29 is 14.3 Å². The first-order valence-corrected chi connectivity index (χ1v) is 10.8. The summed E-state index contributed by atoms with van der Waals surface area (Å²) in [5.74, 6) is 0.699. The Hall–Kier alpha value is -2.90. The Kier molecular flexibility index (Phi) is 6.01. The molecule has 3 aromatic rings. The standard InChI is InChI=1S/C23H25N3O3S/c1-4-11-24-22(27)18-13-20(26(15(18)2)21-6-5-12-29-21)19-14-30-23(25-19)16-7-9-17(28-3)10-8-16/h4,7-10,13-14,21H,1,5-6,11-12H2,2-3H3,(H,24,27). The fourth-order valence-corrected chi connectivity index (χ4v) is 4.52. The summed E-state index contributed by atoms with van der Waals surface area (Å²) in [6.07, 6.45) is 3.53. The summed E-state index contributed by atoms with van der Waals surface area (Å²) >= 11 is 1.58. The number of amides is 1. The molecule has 1 amide bonds. The molecule has 0 spiro atoms. The van der Waals surface area contributed by atoms with Gasteiger partial charge in [0.25, 0.3) is 5.91 Å². The first-order valence-electron chi connectivity index (χ1n) is 9.95. The number of hydrogen-bond acceptors (Lipinski definition) is 5. The van der Waals surface area contributed by atoms with Crippen LogP contribution < -0.4 is 10.1 Å². The zero-order valence-corrected chi connectivity index (χ0v) is 18.0. The predicted molar refractivity (Wildman–Crippen MR) is 119 cm³/mol. The van der Waals surface area contributed by atoms with Gasteiger partial charge in [0, 0.05) is 29.8 Å². The van der Waals surface area contributed by atoms with Gasteiger partial charge in [0.1, 0.15) is 17.0 Å². The van der Waals surface area contributed by atoms with E-state index in [0.29, 0.717) is 12.1 Å². The number of thiazole rings is 1. The number of hydrogen-bond donors (Lipinski definition) is 1. The predicted octanol–water partition coefficient (Wildman–Crippen LogP) is 4.82. The van der Waals surface area contributed by atoms with Crippen LogP contribution in [-0.4, -0.2) is 35.7 Å². The number of benzene rings is 1. The lowest BCUT2D eigenvalue weighted by atomic mass is 10.2. The molecule has 156 valence electrons. The van der Waals surface area contributed by atoms with Gasteiger partial charge in [0.2, 0.25) is 0 Å². The van der Waals surface area contributed by atoms with Gasteiger partial charge in [-0.3, -0.25) is 4.79 Å². The largest absolute Gasteiger partial charge is 0.497 e. The zero-order valence-electron chi connectivity index (χ0n) is 17.2. The topological polar surface area (TPSA) is 65.4 Å². The van der Waals surface area contributed by atoms with Crippen LogP contribution in [0.2, 0.25) is 0 Å². The van der Waals surface area contributed by atoms with Crippen LogP contribution in [0.1, 0.15) is 35.1 Å². The van der Waals surface area contributed by atoms with Crippen molar-refractivity contribution in [3.8, 4) is 27.7 Å². The fraction of sp³-hybridized carbons (Fsp3) is 0.304. The van der Waals surface area contributed by atoms with Crippen molar-refractivity contribution in [3.63, 3.8) is 0 Å². The number of carbonyl (C=O) groups is 1. The van der Waals surface area contributed by atoms with E-state index in [0.717, 1.165) is 52.9 Å². The number of rotatable bonds is 7. The Morgan fingerprint density at radius 3 is 2.90 bits per heavy atom. The van der Waals surface area contributed by atoms with Crippen molar-refractivity contribution >= 4 is 17.2 Å². The van der Waals surface area contributed by atoms with Crippen LogP contribution in [0.5, 0.6) is 5.75 Å². The van der Waals surface area contributed by atoms with Crippen molar-refractivity contribution in [1.29, 1.82) is 0 Å². The molecule has 0 aliphatic carbocycles. The molecule has 2 aromatic heterocycles. The third-order valence-electron chi connectivity index (χ3n) is 5.24. The molecule has 1 aromatic carbocycles. The molecule has 0 saturated carbocycles. The first-order chi connectivity index (χ1) is 14.6. The summed E-state index contributed by atoms with van der Waals surface area (Å²) in [5, 5.41) is 5.83. The number of aromatic nitrogens is 2. The molecule has 1 unspecified atom stereocenters. The Balaban J connectivity index is 1.72. The van der Waals surface area contributed by atoms with Crippen LogP contribution in [0.15, 0.2) is 48.4 Å². The fourth-order valence-electron chi connectivity index (χ4n) is 3.70. The zero-order chi connectivity index (χ0) is 21.1. The Bertz CT molecular complexity index is 1050. The highest BCUT2D eigenvalue weighted by Crippen LogP contribution is 2.36. The van der Waals surface area contributed by atoms with Crippen molar-refractivity contribution in [2.24, 2.45) is 0 Å². The minimum Gasteiger partial charge on any atom is -0.497 e. The van der Waals surface area contributed by atoms with E-state index in [1.807, 2.05) is 42.6 Å². The quantitative estimate of drug-likeness (QED) is 0.553. The Labute approximate surface area is 180 Å². The van der Waals surface area contributed by atoms with Gasteiger partial charge in [-0.1, -0.05) is 6.08 Å². The van der Waals surface area contributed by atoms with Crippen LogP contribution >= 0.6 is 11.3 Å². The third kappa shape index (κ3) is 3.91. The monoisotopic (exact) mass is 423 g/mol. The molecule has 1 saturated heterocycles. The van der Waals surface area contributed by atoms with Gasteiger partial charge in [-0.25, -0.2) is 4.98 Å². The molecule has 30 heavy (non-hydrogen) atoms. The van der Waals surface area contributed by atoms with Gasteiger partial charge in [-0.05, 0) is 50.1 Å².